The minimum absolute atomic E-state index is 0.0295. The van der Waals surface area contributed by atoms with E-state index < -0.39 is 12.5 Å². The number of terminal acetylenes is 1. The second-order valence-electron chi connectivity index (χ2n) is 2.50. The molecule has 0 aromatic carbocycles. The van der Waals surface area contributed by atoms with Gasteiger partial charge in [0.15, 0.2) is 0 Å². The van der Waals surface area contributed by atoms with Crippen LogP contribution in [0.2, 0.25) is 0 Å². The molecule has 0 aliphatic carbocycles. The molecule has 1 amide bonds. The van der Waals surface area contributed by atoms with E-state index in [1.807, 2.05) is 6.07 Å². The van der Waals surface area contributed by atoms with Crippen molar-refractivity contribution in [2.45, 2.75) is 0 Å². The standard InChI is InChI=1S/C9H10N2O3S/c1-2-4-11(6-9(13)14)8(12)7-15-5-3-10/h1H,4-7H2,(H,13,14). The maximum Gasteiger partial charge on any atom is 0.323 e. The number of thioether (sulfide) groups is 1. The third-order valence-corrected chi connectivity index (χ3v) is 2.14. The first-order valence-electron chi connectivity index (χ1n) is 3.99. The molecule has 0 aromatic rings. The summed E-state index contributed by atoms with van der Waals surface area (Å²) in [6, 6.07) is 1.87. The quantitative estimate of drug-likeness (QED) is 0.500. The highest BCUT2D eigenvalue weighted by atomic mass is 32.2. The maximum atomic E-state index is 11.4. The normalized spacial score (nSPS) is 8.67. The molecule has 0 spiro atoms. The summed E-state index contributed by atoms with van der Waals surface area (Å²) in [4.78, 5) is 22.8. The van der Waals surface area contributed by atoms with Gasteiger partial charge in [-0.3, -0.25) is 9.59 Å². The van der Waals surface area contributed by atoms with Crippen molar-refractivity contribution in [3.63, 3.8) is 0 Å². The van der Waals surface area contributed by atoms with Crippen LogP contribution in [0, 0.1) is 23.7 Å². The summed E-state index contributed by atoms with van der Waals surface area (Å²) < 4.78 is 0. The second kappa shape index (κ2) is 7.72. The molecule has 1 N–H and O–H groups in total. The number of amides is 1. The molecule has 0 aliphatic rings. The van der Waals surface area contributed by atoms with Gasteiger partial charge < -0.3 is 10.0 Å². The Morgan fingerprint density at radius 1 is 1.53 bits per heavy atom. The lowest BCUT2D eigenvalue weighted by Crippen LogP contribution is -2.37. The fraction of sp³-hybridized carbons (Fsp3) is 0.444. The summed E-state index contributed by atoms with van der Waals surface area (Å²) in [5.41, 5.74) is 0. The highest BCUT2D eigenvalue weighted by Gasteiger charge is 2.15. The van der Waals surface area contributed by atoms with Crippen molar-refractivity contribution >= 4 is 23.6 Å². The largest absolute Gasteiger partial charge is 0.480 e. The molecule has 0 saturated heterocycles. The summed E-state index contributed by atoms with van der Waals surface area (Å²) in [5, 5.41) is 16.8. The van der Waals surface area contributed by atoms with Gasteiger partial charge in [-0.2, -0.15) is 5.26 Å². The maximum absolute atomic E-state index is 11.4. The topological polar surface area (TPSA) is 81.4 Å². The number of aliphatic carboxylic acids is 1. The Balaban J connectivity index is 4.12. The lowest BCUT2D eigenvalue weighted by atomic mass is 10.4. The summed E-state index contributed by atoms with van der Waals surface area (Å²) in [6.45, 7) is -0.436. The van der Waals surface area contributed by atoms with Crippen LogP contribution in [-0.4, -0.2) is 46.5 Å². The number of carbonyl (C=O) groups excluding carboxylic acids is 1. The van der Waals surface area contributed by atoms with Crippen molar-refractivity contribution in [1.82, 2.24) is 4.90 Å². The molecular weight excluding hydrogens is 216 g/mol. The van der Waals surface area contributed by atoms with Crippen LogP contribution in [0.15, 0.2) is 0 Å². The summed E-state index contributed by atoms with van der Waals surface area (Å²) >= 11 is 1.13. The molecule has 80 valence electrons. The molecule has 0 atom stereocenters. The fourth-order valence-electron chi connectivity index (χ4n) is 0.781. The van der Waals surface area contributed by atoms with Crippen LogP contribution in [0.25, 0.3) is 0 Å². The SMILES string of the molecule is C#CCN(CC(=O)O)C(=O)CSCC#N. The van der Waals surface area contributed by atoms with E-state index in [0.717, 1.165) is 16.7 Å². The van der Waals surface area contributed by atoms with E-state index >= 15 is 0 Å². The molecular formula is C9H10N2O3S. The van der Waals surface area contributed by atoms with Gasteiger partial charge in [-0.25, -0.2) is 0 Å². The molecule has 0 fully saturated rings. The highest BCUT2D eigenvalue weighted by molar-refractivity contribution is 8.00. The zero-order valence-corrected chi connectivity index (χ0v) is 8.79. The number of carboxylic acid groups (broad SMARTS) is 1. The van der Waals surface area contributed by atoms with Gasteiger partial charge in [0.25, 0.3) is 0 Å². The molecule has 0 heterocycles. The molecule has 0 saturated carbocycles. The third kappa shape index (κ3) is 6.42. The van der Waals surface area contributed by atoms with Crippen molar-refractivity contribution in [2.75, 3.05) is 24.6 Å². The Kier molecular flexibility index (Phi) is 6.86. The summed E-state index contributed by atoms with van der Waals surface area (Å²) in [7, 11) is 0. The number of carbonyl (C=O) groups is 2. The van der Waals surface area contributed by atoms with Crippen LogP contribution < -0.4 is 0 Å². The number of rotatable bonds is 6. The first kappa shape index (κ1) is 13.3. The molecule has 0 aliphatic heterocycles. The number of hydrogen-bond acceptors (Lipinski definition) is 4. The Hall–Kier alpha value is -1.66. The molecule has 5 nitrogen and oxygen atoms in total. The second-order valence-corrected chi connectivity index (χ2v) is 3.48. The van der Waals surface area contributed by atoms with Gasteiger partial charge in [0, 0.05) is 0 Å². The van der Waals surface area contributed by atoms with Crippen LogP contribution in [0.4, 0.5) is 0 Å². The minimum Gasteiger partial charge on any atom is -0.480 e. The van der Waals surface area contributed by atoms with Gasteiger partial charge >= 0.3 is 5.97 Å². The minimum atomic E-state index is -1.11. The van der Waals surface area contributed by atoms with Crippen molar-refractivity contribution in [3.05, 3.63) is 0 Å². The molecule has 15 heavy (non-hydrogen) atoms. The van der Waals surface area contributed by atoms with Crippen molar-refractivity contribution in [3.8, 4) is 18.4 Å². The smallest absolute Gasteiger partial charge is 0.323 e. The van der Waals surface area contributed by atoms with E-state index in [1.165, 1.54) is 0 Å². The van der Waals surface area contributed by atoms with Crippen molar-refractivity contribution in [2.24, 2.45) is 0 Å². The highest BCUT2D eigenvalue weighted by Crippen LogP contribution is 2.01. The van der Waals surface area contributed by atoms with E-state index in [4.69, 9.17) is 16.8 Å². The summed E-state index contributed by atoms with van der Waals surface area (Å²) in [5.74, 6) is 1.01. The van der Waals surface area contributed by atoms with E-state index in [0.29, 0.717) is 0 Å². The summed E-state index contributed by atoms with van der Waals surface area (Å²) in [6.07, 6.45) is 5.00. The van der Waals surface area contributed by atoms with Crippen LogP contribution in [-0.2, 0) is 9.59 Å². The number of nitrogens with zero attached hydrogens (tertiary/aromatic N) is 2. The van der Waals surface area contributed by atoms with E-state index in [2.05, 4.69) is 5.92 Å². The van der Waals surface area contributed by atoms with Gasteiger partial charge in [0.2, 0.25) is 5.91 Å². The predicted molar refractivity (Wildman–Crippen MR) is 56.0 cm³/mol. The molecule has 6 heteroatoms. The molecule has 0 radical (unpaired) electrons. The average molecular weight is 226 g/mol. The Morgan fingerprint density at radius 2 is 2.20 bits per heavy atom. The molecule has 0 rings (SSSR count). The van der Waals surface area contributed by atoms with Gasteiger partial charge in [-0.05, 0) is 0 Å². The van der Waals surface area contributed by atoms with Crippen molar-refractivity contribution < 1.29 is 14.7 Å². The van der Waals surface area contributed by atoms with Crippen LogP contribution in [0.3, 0.4) is 0 Å². The van der Waals surface area contributed by atoms with Gasteiger partial charge in [-0.15, -0.1) is 18.2 Å². The van der Waals surface area contributed by atoms with Crippen LogP contribution in [0.5, 0.6) is 0 Å². The van der Waals surface area contributed by atoms with Gasteiger partial charge in [0.05, 0.1) is 24.1 Å². The monoisotopic (exact) mass is 226 g/mol. The number of carboxylic acids is 1. The Labute approximate surface area is 92.1 Å². The van der Waals surface area contributed by atoms with Gasteiger partial charge in [0.1, 0.15) is 6.54 Å². The molecule has 0 bridgehead atoms. The lowest BCUT2D eigenvalue weighted by molar-refractivity contribution is -0.143. The van der Waals surface area contributed by atoms with Gasteiger partial charge in [-0.1, -0.05) is 5.92 Å². The predicted octanol–water partition coefficient (Wildman–Crippen LogP) is -0.210. The van der Waals surface area contributed by atoms with E-state index in [-0.39, 0.29) is 24.0 Å². The zero-order chi connectivity index (χ0) is 11.7. The van der Waals surface area contributed by atoms with E-state index in [1.54, 1.807) is 0 Å². The number of hydrogen-bond donors (Lipinski definition) is 1. The first-order chi connectivity index (χ1) is 7.11. The number of nitriles is 1. The van der Waals surface area contributed by atoms with E-state index in [9.17, 15) is 9.59 Å². The molecule has 0 unspecified atom stereocenters. The zero-order valence-electron chi connectivity index (χ0n) is 7.97. The van der Waals surface area contributed by atoms with Crippen LogP contribution >= 0.6 is 11.8 Å². The Morgan fingerprint density at radius 3 is 2.67 bits per heavy atom. The fourth-order valence-corrected chi connectivity index (χ4v) is 1.33. The lowest BCUT2D eigenvalue weighted by Gasteiger charge is -2.16. The Bertz CT molecular complexity index is 316. The average Bonchev–Trinajstić information content (AvgIpc) is 2.17. The molecule has 0 aromatic heterocycles. The third-order valence-electron chi connectivity index (χ3n) is 1.35. The van der Waals surface area contributed by atoms with Crippen LogP contribution in [0.1, 0.15) is 0 Å². The first-order valence-corrected chi connectivity index (χ1v) is 5.15. The van der Waals surface area contributed by atoms with Crippen molar-refractivity contribution in [1.29, 1.82) is 5.26 Å².